The van der Waals surface area contributed by atoms with Crippen LogP contribution in [0.4, 0.5) is 4.48 Å². The number of aryl methyl sites for hydroxylation is 1. The second-order valence-electron chi connectivity index (χ2n) is 4.85. The van der Waals surface area contributed by atoms with E-state index in [1.54, 1.807) is 12.1 Å². The van der Waals surface area contributed by atoms with Crippen LogP contribution in [0.25, 0.3) is 0 Å². The number of hydrogen-bond acceptors (Lipinski definition) is 2. The van der Waals surface area contributed by atoms with Crippen molar-refractivity contribution < 1.29 is 12.9 Å². The Morgan fingerprint density at radius 2 is 1.67 bits per heavy atom. The van der Waals surface area contributed by atoms with Crippen LogP contribution in [0.15, 0.2) is 29.2 Å². The summed E-state index contributed by atoms with van der Waals surface area (Å²) < 4.78 is 38.4. The predicted octanol–water partition coefficient (Wildman–Crippen LogP) is 3.20. The Bertz CT molecular complexity index is 492. The van der Waals surface area contributed by atoms with E-state index >= 15 is 0 Å². The molecule has 0 heterocycles. The molecule has 1 aromatic carbocycles. The summed E-state index contributed by atoms with van der Waals surface area (Å²) in [5.41, 5.74) is 0.956. The molecule has 0 atom stereocenters. The zero-order chi connectivity index (χ0) is 13.2. The fourth-order valence-electron chi connectivity index (χ4n) is 2.29. The van der Waals surface area contributed by atoms with Crippen LogP contribution in [-0.2, 0) is 10.0 Å². The Morgan fingerprint density at radius 1 is 1.11 bits per heavy atom. The number of sulfonamides is 1. The first-order valence-electron chi connectivity index (χ1n) is 6.29. The van der Waals surface area contributed by atoms with Crippen LogP contribution in [0.5, 0.6) is 0 Å². The van der Waals surface area contributed by atoms with E-state index in [1.807, 2.05) is 6.92 Å². The van der Waals surface area contributed by atoms with Gasteiger partial charge in [-0.05, 0) is 36.4 Å². The summed E-state index contributed by atoms with van der Waals surface area (Å²) in [7, 11) is -3.99. The number of hydrogen-bond donors (Lipinski definition) is 0. The zero-order valence-corrected chi connectivity index (χ0v) is 11.3. The molecule has 1 aliphatic rings. The molecule has 0 saturated heterocycles. The molecule has 2 rings (SSSR count). The maximum absolute atomic E-state index is 14.1. The summed E-state index contributed by atoms with van der Waals surface area (Å²) in [6, 6.07) is 5.79. The lowest BCUT2D eigenvalue weighted by atomic mass is 9.96. The lowest BCUT2D eigenvalue weighted by molar-refractivity contribution is 0.0633. The molecule has 1 aliphatic carbocycles. The van der Waals surface area contributed by atoms with E-state index in [4.69, 9.17) is 0 Å². The largest absolute Gasteiger partial charge is 0.269 e. The number of benzene rings is 1. The van der Waals surface area contributed by atoms with Crippen molar-refractivity contribution in [1.29, 1.82) is 0 Å². The van der Waals surface area contributed by atoms with Crippen LogP contribution in [0.1, 0.15) is 37.7 Å². The monoisotopic (exact) mass is 271 g/mol. The Morgan fingerprint density at radius 3 is 2.22 bits per heavy atom. The molecule has 0 unspecified atom stereocenters. The summed E-state index contributed by atoms with van der Waals surface area (Å²) in [6.07, 6.45) is 4.08. The third kappa shape index (κ3) is 2.72. The second-order valence-corrected chi connectivity index (χ2v) is 6.62. The molecule has 0 amide bonds. The van der Waals surface area contributed by atoms with Gasteiger partial charge in [0.15, 0.2) is 0 Å². The Kier molecular flexibility index (Phi) is 4.02. The van der Waals surface area contributed by atoms with Gasteiger partial charge in [0.2, 0.25) is 0 Å². The summed E-state index contributed by atoms with van der Waals surface area (Å²) >= 11 is 0. The Hall–Kier alpha value is -0.940. The minimum Gasteiger partial charge on any atom is -0.205 e. The van der Waals surface area contributed by atoms with E-state index in [0.29, 0.717) is 12.8 Å². The molecule has 1 saturated carbocycles. The molecule has 0 bridgehead atoms. The van der Waals surface area contributed by atoms with Gasteiger partial charge >= 0.3 is 0 Å². The van der Waals surface area contributed by atoms with Crippen LogP contribution >= 0.6 is 0 Å². The summed E-state index contributed by atoms with van der Waals surface area (Å²) in [4.78, 5) is 0.0289. The highest BCUT2D eigenvalue weighted by atomic mass is 32.2. The lowest BCUT2D eigenvalue weighted by Crippen LogP contribution is -2.35. The first-order chi connectivity index (χ1) is 8.51. The molecular formula is C13H18FNO2S. The topological polar surface area (TPSA) is 37.4 Å². The normalized spacial score (nSPS) is 18.2. The highest BCUT2D eigenvalue weighted by Crippen LogP contribution is 2.28. The smallest absolute Gasteiger partial charge is 0.205 e. The third-order valence-corrected chi connectivity index (χ3v) is 5.04. The SMILES string of the molecule is Cc1ccc(S(=O)(=O)N(F)C2CCCCC2)cc1. The van der Waals surface area contributed by atoms with Crippen molar-refractivity contribution in [2.45, 2.75) is 50.0 Å². The van der Waals surface area contributed by atoms with Crippen LogP contribution in [-0.4, -0.2) is 19.0 Å². The van der Waals surface area contributed by atoms with Gasteiger partial charge in [-0.15, -0.1) is 4.48 Å². The molecule has 0 spiro atoms. The van der Waals surface area contributed by atoms with Crippen LogP contribution in [0.2, 0.25) is 0 Å². The van der Waals surface area contributed by atoms with Crippen LogP contribution < -0.4 is 0 Å². The van der Waals surface area contributed by atoms with Crippen molar-refractivity contribution in [3.63, 3.8) is 0 Å². The standard InChI is InChI=1S/C13H18FNO2S/c1-11-7-9-13(10-8-11)18(16,17)15(14)12-5-3-2-4-6-12/h7-10,12H,2-6H2,1H3. The molecule has 0 N–H and O–H groups in total. The zero-order valence-electron chi connectivity index (χ0n) is 10.5. The molecule has 1 fully saturated rings. The van der Waals surface area contributed by atoms with E-state index in [1.165, 1.54) is 12.1 Å². The molecule has 0 aliphatic heterocycles. The maximum Gasteiger partial charge on any atom is 0.269 e. The van der Waals surface area contributed by atoms with Crippen LogP contribution in [0, 0.1) is 6.92 Å². The molecule has 0 aromatic heterocycles. The summed E-state index contributed by atoms with van der Waals surface area (Å²) in [5.74, 6) is 0. The number of nitrogens with zero attached hydrogens (tertiary/aromatic N) is 1. The Labute approximate surface area is 108 Å². The van der Waals surface area contributed by atoms with Crippen molar-refractivity contribution in [2.24, 2.45) is 0 Å². The molecular weight excluding hydrogens is 253 g/mol. The fourth-order valence-corrected chi connectivity index (χ4v) is 3.58. The second kappa shape index (κ2) is 5.36. The highest BCUT2D eigenvalue weighted by molar-refractivity contribution is 7.89. The van der Waals surface area contributed by atoms with Crippen molar-refractivity contribution in [2.75, 3.05) is 0 Å². The highest BCUT2D eigenvalue weighted by Gasteiger charge is 2.32. The Balaban J connectivity index is 2.21. The quantitative estimate of drug-likeness (QED) is 0.792. The van der Waals surface area contributed by atoms with E-state index in [9.17, 15) is 12.9 Å². The van der Waals surface area contributed by atoms with Gasteiger partial charge < -0.3 is 0 Å². The molecule has 5 heteroatoms. The van der Waals surface area contributed by atoms with E-state index in [-0.39, 0.29) is 9.42 Å². The average Bonchev–Trinajstić information content (AvgIpc) is 2.39. The maximum atomic E-state index is 14.1. The van der Waals surface area contributed by atoms with E-state index in [0.717, 1.165) is 24.8 Å². The summed E-state index contributed by atoms with van der Waals surface area (Å²) in [5, 5.41) is 0. The van der Waals surface area contributed by atoms with Gasteiger partial charge in [-0.2, -0.15) is 0 Å². The minimum atomic E-state index is -3.99. The van der Waals surface area contributed by atoms with Crippen molar-refractivity contribution >= 4 is 10.0 Å². The summed E-state index contributed by atoms with van der Waals surface area (Å²) in [6.45, 7) is 1.87. The molecule has 1 aromatic rings. The first kappa shape index (κ1) is 13.5. The van der Waals surface area contributed by atoms with E-state index in [2.05, 4.69) is 0 Å². The predicted molar refractivity (Wildman–Crippen MR) is 68.2 cm³/mol. The lowest BCUT2D eigenvalue weighted by Gasteiger charge is -2.26. The molecule has 18 heavy (non-hydrogen) atoms. The van der Waals surface area contributed by atoms with Gasteiger partial charge in [0.05, 0.1) is 10.9 Å². The molecule has 0 radical (unpaired) electrons. The van der Waals surface area contributed by atoms with Gasteiger partial charge in [0.25, 0.3) is 10.0 Å². The fraction of sp³-hybridized carbons (Fsp3) is 0.538. The molecule has 100 valence electrons. The van der Waals surface area contributed by atoms with Gasteiger partial charge in [0.1, 0.15) is 0 Å². The molecule has 3 nitrogen and oxygen atoms in total. The van der Waals surface area contributed by atoms with Gasteiger partial charge in [0, 0.05) is 0 Å². The van der Waals surface area contributed by atoms with Crippen LogP contribution in [0.3, 0.4) is 0 Å². The first-order valence-corrected chi connectivity index (χ1v) is 7.73. The van der Waals surface area contributed by atoms with E-state index < -0.39 is 16.1 Å². The number of rotatable bonds is 3. The number of halogens is 1. The average molecular weight is 271 g/mol. The van der Waals surface area contributed by atoms with Gasteiger partial charge in [-0.1, -0.05) is 37.0 Å². The van der Waals surface area contributed by atoms with Crippen molar-refractivity contribution in [3.05, 3.63) is 29.8 Å². The van der Waals surface area contributed by atoms with Gasteiger partial charge in [-0.3, -0.25) is 0 Å². The van der Waals surface area contributed by atoms with Crippen molar-refractivity contribution in [3.8, 4) is 0 Å². The van der Waals surface area contributed by atoms with Crippen molar-refractivity contribution in [1.82, 2.24) is 4.53 Å². The van der Waals surface area contributed by atoms with Gasteiger partial charge in [-0.25, -0.2) is 8.42 Å². The minimum absolute atomic E-state index is 0.0289. The third-order valence-electron chi connectivity index (χ3n) is 3.41.